The first-order valence-electron chi connectivity index (χ1n) is 12.5. The molecule has 2 aromatic carbocycles. The minimum atomic E-state index is -0.941. The first-order valence-corrected chi connectivity index (χ1v) is 13.4. The van der Waals surface area contributed by atoms with Crippen molar-refractivity contribution in [2.75, 3.05) is 26.2 Å². The van der Waals surface area contributed by atoms with Crippen LogP contribution in [0.4, 0.5) is 5.69 Å². The zero-order valence-electron chi connectivity index (χ0n) is 21.6. The molecule has 0 radical (unpaired) electrons. The molecule has 3 aromatic rings. The minimum absolute atomic E-state index is 0.0816. The van der Waals surface area contributed by atoms with Crippen LogP contribution in [0.1, 0.15) is 48.6 Å². The fourth-order valence-electron chi connectivity index (χ4n) is 4.80. The van der Waals surface area contributed by atoms with E-state index in [0.717, 1.165) is 30.6 Å². The molecule has 0 aliphatic heterocycles. The van der Waals surface area contributed by atoms with Gasteiger partial charge in [0.2, 0.25) is 11.8 Å². The van der Waals surface area contributed by atoms with Gasteiger partial charge < -0.3 is 19.5 Å². The molecule has 1 aliphatic carbocycles. The summed E-state index contributed by atoms with van der Waals surface area (Å²) in [5, 5.41) is 5.19. The van der Waals surface area contributed by atoms with Crippen LogP contribution >= 0.6 is 11.3 Å². The van der Waals surface area contributed by atoms with Gasteiger partial charge in [0.15, 0.2) is 0 Å². The van der Waals surface area contributed by atoms with Crippen LogP contribution in [-0.4, -0.2) is 39.2 Å². The number of hydrogen-bond donors (Lipinski definition) is 1. The summed E-state index contributed by atoms with van der Waals surface area (Å²) in [5.41, 5.74) is 1.19. The molecule has 37 heavy (non-hydrogen) atoms. The second-order valence-corrected chi connectivity index (χ2v) is 10.1. The van der Waals surface area contributed by atoms with Gasteiger partial charge in [-0.15, -0.1) is 11.3 Å². The number of methoxy groups -OCH3 is 3. The lowest BCUT2D eigenvalue weighted by Crippen LogP contribution is -2.47. The van der Waals surface area contributed by atoms with Crippen LogP contribution in [0.3, 0.4) is 0 Å². The van der Waals surface area contributed by atoms with Gasteiger partial charge in [-0.05, 0) is 60.7 Å². The normalized spacial score (nSPS) is 14.5. The molecular formula is C29H34N2O5S. The number of rotatable bonds is 10. The second-order valence-electron chi connectivity index (χ2n) is 9.07. The number of anilines is 1. The first kappa shape index (κ1) is 26.5. The molecule has 2 amide bonds. The van der Waals surface area contributed by atoms with Crippen LogP contribution in [0.2, 0.25) is 0 Å². The van der Waals surface area contributed by atoms with Gasteiger partial charge in [0.1, 0.15) is 23.3 Å². The number of nitrogens with one attached hydrogen (secondary N) is 1. The van der Waals surface area contributed by atoms with Crippen LogP contribution in [0, 0.1) is 0 Å². The number of ether oxygens (including phenoxy) is 3. The van der Waals surface area contributed by atoms with E-state index in [1.54, 1.807) is 56.6 Å². The molecule has 1 fully saturated rings. The van der Waals surface area contributed by atoms with E-state index in [0.29, 0.717) is 28.5 Å². The van der Waals surface area contributed by atoms with Crippen LogP contribution < -0.4 is 24.4 Å². The Bertz CT molecular complexity index is 1170. The summed E-state index contributed by atoms with van der Waals surface area (Å²) in [4.78, 5) is 30.5. The lowest BCUT2D eigenvalue weighted by molar-refractivity contribution is -0.127. The molecule has 0 bridgehead atoms. The summed E-state index contributed by atoms with van der Waals surface area (Å²) >= 11 is 1.52. The number of nitrogens with zero attached hydrogens (tertiary/aromatic N) is 1. The third-order valence-corrected chi connectivity index (χ3v) is 7.59. The number of hydrogen-bond acceptors (Lipinski definition) is 6. The highest BCUT2D eigenvalue weighted by Crippen LogP contribution is 2.37. The maximum atomic E-state index is 14.1. The number of carbonyl (C=O) groups excluding carboxylic acids is 2. The van der Waals surface area contributed by atoms with Crippen molar-refractivity contribution in [2.45, 2.75) is 50.6 Å². The van der Waals surface area contributed by atoms with E-state index < -0.39 is 6.04 Å². The van der Waals surface area contributed by atoms with Crippen LogP contribution in [0.15, 0.2) is 60.0 Å². The minimum Gasteiger partial charge on any atom is -0.497 e. The Hall–Kier alpha value is -3.52. The molecule has 1 N–H and O–H groups in total. The predicted molar refractivity (Wildman–Crippen MR) is 146 cm³/mol. The van der Waals surface area contributed by atoms with E-state index >= 15 is 0 Å². The van der Waals surface area contributed by atoms with Crippen LogP contribution in [0.5, 0.6) is 17.2 Å². The lowest BCUT2D eigenvalue weighted by atomic mass is 9.94. The third-order valence-electron chi connectivity index (χ3n) is 6.72. The Morgan fingerprint density at radius 3 is 2.27 bits per heavy atom. The quantitative estimate of drug-likeness (QED) is 0.378. The monoisotopic (exact) mass is 522 g/mol. The highest BCUT2D eigenvalue weighted by Gasteiger charge is 2.36. The molecule has 7 nitrogen and oxygen atoms in total. The highest BCUT2D eigenvalue weighted by molar-refractivity contribution is 7.10. The van der Waals surface area contributed by atoms with Gasteiger partial charge in [-0.3, -0.25) is 14.5 Å². The Kier molecular flexibility index (Phi) is 9.06. The van der Waals surface area contributed by atoms with E-state index in [-0.39, 0.29) is 24.3 Å². The number of thiophene rings is 1. The van der Waals surface area contributed by atoms with Crippen molar-refractivity contribution in [3.05, 3.63) is 70.4 Å². The zero-order valence-corrected chi connectivity index (χ0v) is 22.4. The Morgan fingerprint density at radius 2 is 1.65 bits per heavy atom. The summed E-state index contributed by atoms with van der Waals surface area (Å²) in [5.74, 6) is 1.33. The van der Waals surface area contributed by atoms with Crippen molar-refractivity contribution >= 4 is 28.8 Å². The molecule has 196 valence electrons. The molecule has 1 atom stereocenters. The van der Waals surface area contributed by atoms with Gasteiger partial charge >= 0.3 is 0 Å². The van der Waals surface area contributed by atoms with E-state index in [9.17, 15) is 9.59 Å². The van der Waals surface area contributed by atoms with Gasteiger partial charge in [-0.25, -0.2) is 0 Å². The smallest absolute Gasteiger partial charge is 0.248 e. The summed E-state index contributed by atoms with van der Waals surface area (Å²) in [6.45, 7) is 0. The van der Waals surface area contributed by atoms with Crippen LogP contribution in [-0.2, 0) is 16.0 Å². The summed E-state index contributed by atoms with van der Waals surface area (Å²) in [6.07, 6.45) is 5.39. The van der Waals surface area contributed by atoms with Crippen molar-refractivity contribution in [1.29, 1.82) is 0 Å². The largest absolute Gasteiger partial charge is 0.497 e. The summed E-state index contributed by atoms with van der Waals surface area (Å²) < 4.78 is 16.4. The number of carbonyl (C=O) groups is 2. The fourth-order valence-corrected chi connectivity index (χ4v) is 5.49. The zero-order chi connectivity index (χ0) is 26.2. The molecule has 1 aromatic heterocycles. The third kappa shape index (κ3) is 6.43. The Morgan fingerprint density at radius 1 is 0.946 bits per heavy atom. The summed E-state index contributed by atoms with van der Waals surface area (Å²) in [6, 6.07) is 15.5. The highest BCUT2D eigenvalue weighted by atomic mass is 32.1. The van der Waals surface area contributed by atoms with E-state index in [1.807, 2.05) is 29.6 Å². The SMILES string of the molecule is COc1ccc(N(C(=O)Cc2cccs2)[C@@H](C(=O)NC2CCCCC2)c2ccc(OC)cc2OC)cc1. The van der Waals surface area contributed by atoms with Gasteiger partial charge in [-0.2, -0.15) is 0 Å². The maximum absolute atomic E-state index is 14.1. The molecule has 8 heteroatoms. The maximum Gasteiger partial charge on any atom is 0.248 e. The van der Waals surface area contributed by atoms with Crippen molar-refractivity contribution in [3.63, 3.8) is 0 Å². The average Bonchev–Trinajstić information content (AvgIpc) is 3.45. The van der Waals surface area contributed by atoms with Gasteiger partial charge in [-0.1, -0.05) is 25.3 Å². The van der Waals surface area contributed by atoms with Gasteiger partial charge in [0.05, 0.1) is 27.8 Å². The van der Waals surface area contributed by atoms with Gasteiger partial charge in [0.25, 0.3) is 0 Å². The average molecular weight is 523 g/mol. The Labute approximate surface area is 222 Å². The van der Waals surface area contributed by atoms with E-state index in [2.05, 4.69) is 5.32 Å². The van der Waals surface area contributed by atoms with Crippen molar-refractivity contribution in [1.82, 2.24) is 5.32 Å². The van der Waals surface area contributed by atoms with Gasteiger partial charge in [0, 0.05) is 28.2 Å². The molecule has 1 heterocycles. The van der Waals surface area contributed by atoms with E-state index in [1.165, 1.54) is 17.8 Å². The van der Waals surface area contributed by atoms with E-state index in [4.69, 9.17) is 14.2 Å². The molecular weight excluding hydrogens is 488 g/mol. The van der Waals surface area contributed by atoms with Crippen molar-refractivity contribution in [3.8, 4) is 17.2 Å². The number of benzene rings is 2. The molecule has 0 saturated heterocycles. The molecule has 4 rings (SSSR count). The Balaban J connectivity index is 1.81. The number of amides is 2. The van der Waals surface area contributed by atoms with Crippen molar-refractivity contribution < 1.29 is 23.8 Å². The topological polar surface area (TPSA) is 77.1 Å². The summed E-state index contributed by atoms with van der Waals surface area (Å²) in [7, 11) is 4.73. The second kappa shape index (κ2) is 12.6. The molecule has 0 unspecified atom stereocenters. The molecule has 0 spiro atoms. The first-order chi connectivity index (χ1) is 18.0. The molecule has 1 saturated carbocycles. The standard InChI is InChI=1S/C29H34N2O5S/c1-34-22-13-11-21(12-14-22)31(27(32)19-24-10-7-17-37-24)28(29(33)30-20-8-5-4-6-9-20)25-16-15-23(35-2)18-26(25)36-3/h7,10-18,20,28H,4-6,8-9,19H2,1-3H3,(H,30,33)/t28-/m1/s1. The lowest BCUT2D eigenvalue weighted by Gasteiger charge is -2.34. The molecule has 1 aliphatic rings. The predicted octanol–water partition coefficient (Wildman–Crippen LogP) is 5.54. The van der Waals surface area contributed by atoms with Crippen molar-refractivity contribution in [2.24, 2.45) is 0 Å². The van der Waals surface area contributed by atoms with Crippen LogP contribution in [0.25, 0.3) is 0 Å². The fraction of sp³-hybridized carbons (Fsp3) is 0.379.